The maximum atomic E-state index is 14.0. The van der Waals surface area contributed by atoms with Gasteiger partial charge < -0.3 is 10.1 Å². The highest BCUT2D eigenvalue weighted by atomic mass is 32.2. The van der Waals surface area contributed by atoms with E-state index >= 15 is 0 Å². The molecule has 1 amide bonds. The number of non-ortho nitro benzene ring substituents is 1. The number of amides is 1. The Morgan fingerprint density at radius 2 is 1.97 bits per heavy atom. The number of carbonyl (C=O) groups is 1. The van der Waals surface area contributed by atoms with Gasteiger partial charge in [0.2, 0.25) is 15.9 Å². The van der Waals surface area contributed by atoms with E-state index in [2.05, 4.69) is 15.1 Å². The van der Waals surface area contributed by atoms with Crippen LogP contribution in [0.5, 0.6) is 11.6 Å². The van der Waals surface area contributed by atoms with Gasteiger partial charge in [0.05, 0.1) is 10.6 Å². The molecule has 0 spiro atoms. The highest BCUT2D eigenvalue weighted by molar-refractivity contribution is 7.89. The predicted molar refractivity (Wildman–Crippen MR) is 130 cm³/mol. The number of carbonyl (C=O) groups excluding carboxylic acids is 1. The lowest BCUT2D eigenvalue weighted by molar-refractivity contribution is -0.385. The number of halogens is 1. The summed E-state index contributed by atoms with van der Waals surface area (Å²) in [6, 6.07) is 7.99. The molecular formula is C23H26FN5O6S. The summed E-state index contributed by atoms with van der Waals surface area (Å²) in [4.78, 5) is 22.8. The molecule has 3 aromatic rings. The van der Waals surface area contributed by atoms with Crippen LogP contribution in [-0.4, -0.2) is 41.6 Å². The van der Waals surface area contributed by atoms with Gasteiger partial charge in [-0.3, -0.25) is 14.9 Å². The smallest absolute Gasteiger partial charge is 0.272 e. The van der Waals surface area contributed by atoms with Crippen LogP contribution in [0.3, 0.4) is 0 Å². The van der Waals surface area contributed by atoms with E-state index in [0.29, 0.717) is 13.0 Å². The number of rotatable bonds is 10. The van der Waals surface area contributed by atoms with Crippen molar-refractivity contribution < 1.29 is 27.3 Å². The van der Waals surface area contributed by atoms with Gasteiger partial charge >= 0.3 is 0 Å². The molecule has 0 aliphatic rings. The van der Waals surface area contributed by atoms with Gasteiger partial charge in [-0.15, -0.1) is 0 Å². The monoisotopic (exact) mass is 519 g/mol. The van der Waals surface area contributed by atoms with Crippen molar-refractivity contribution in [1.29, 1.82) is 0 Å². The number of hydrogen-bond donors (Lipinski definition) is 2. The van der Waals surface area contributed by atoms with Crippen LogP contribution in [0.15, 0.2) is 47.4 Å². The minimum absolute atomic E-state index is 0.00524. The fourth-order valence-electron chi connectivity index (χ4n) is 3.30. The molecule has 0 atom stereocenters. The van der Waals surface area contributed by atoms with Gasteiger partial charge in [0.1, 0.15) is 16.5 Å². The quantitative estimate of drug-likeness (QED) is 0.306. The van der Waals surface area contributed by atoms with Gasteiger partial charge in [0.25, 0.3) is 11.6 Å². The molecule has 1 heterocycles. The molecule has 0 aliphatic heterocycles. The average Bonchev–Trinajstić information content (AvgIpc) is 3.12. The highest BCUT2D eigenvalue weighted by Gasteiger charge is 2.28. The van der Waals surface area contributed by atoms with Crippen molar-refractivity contribution in [2.75, 3.05) is 6.54 Å². The van der Waals surface area contributed by atoms with Crippen LogP contribution in [0.25, 0.3) is 5.69 Å². The van der Waals surface area contributed by atoms with Gasteiger partial charge in [-0.1, -0.05) is 13.0 Å². The van der Waals surface area contributed by atoms with Crippen molar-refractivity contribution in [1.82, 2.24) is 19.8 Å². The number of benzene rings is 2. The second-order valence-electron chi connectivity index (χ2n) is 8.19. The van der Waals surface area contributed by atoms with Crippen molar-refractivity contribution in [2.24, 2.45) is 0 Å². The average molecular weight is 520 g/mol. The van der Waals surface area contributed by atoms with E-state index in [4.69, 9.17) is 4.74 Å². The Morgan fingerprint density at radius 3 is 2.58 bits per heavy atom. The Balaban J connectivity index is 2.21. The highest BCUT2D eigenvalue weighted by Crippen LogP contribution is 2.35. The largest absolute Gasteiger partial charge is 0.437 e. The fraction of sp³-hybridized carbons (Fsp3) is 0.304. The molecule has 11 nitrogen and oxygen atoms in total. The number of aromatic nitrogens is 2. The summed E-state index contributed by atoms with van der Waals surface area (Å²) in [5, 5.41) is 18.3. The minimum Gasteiger partial charge on any atom is -0.437 e. The van der Waals surface area contributed by atoms with Crippen LogP contribution in [-0.2, 0) is 10.0 Å². The molecule has 13 heteroatoms. The third-order valence-corrected chi connectivity index (χ3v) is 6.58. The molecule has 0 aliphatic carbocycles. The molecule has 0 bridgehead atoms. The summed E-state index contributed by atoms with van der Waals surface area (Å²) in [5.74, 6) is -1.36. The van der Waals surface area contributed by atoms with Crippen molar-refractivity contribution in [3.63, 3.8) is 0 Å². The van der Waals surface area contributed by atoms with E-state index in [-0.39, 0.29) is 28.6 Å². The van der Waals surface area contributed by atoms with Crippen LogP contribution in [0.1, 0.15) is 43.2 Å². The maximum absolute atomic E-state index is 14.0. The van der Waals surface area contributed by atoms with Crippen LogP contribution in [0.2, 0.25) is 0 Å². The third kappa shape index (κ3) is 5.86. The predicted octanol–water partition coefficient (Wildman–Crippen LogP) is 3.85. The molecule has 0 saturated heterocycles. The first-order valence-corrected chi connectivity index (χ1v) is 12.5. The molecule has 1 aromatic heterocycles. The van der Waals surface area contributed by atoms with Gasteiger partial charge in [0, 0.05) is 30.3 Å². The lowest BCUT2D eigenvalue weighted by Crippen LogP contribution is -2.30. The Morgan fingerprint density at radius 1 is 1.25 bits per heavy atom. The molecule has 192 valence electrons. The second-order valence-corrected chi connectivity index (χ2v) is 9.87. The van der Waals surface area contributed by atoms with E-state index in [1.54, 1.807) is 20.8 Å². The van der Waals surface area contributed by atoms with Crippen molar-refractivity contribution in [3.8, 4) is 17.3 Å². The normalized spacial score (nSPS) is 11.5. The lowest BCUT2D eigenvalue weighted by atomic mass is 10.2. The molecule has 2 aromatic carbocycles. The molecule has 2 N–H and O–H groups in total. The fourth-order valence-corrected chi connectivity index (χ4v) is 4.70. The van der Waals surface area contributed by atoms with E-state index in [0.717, 1.165) is 18.2 Å². The number of hydrogen-bond acceptors (Lipinski definition) is 7. The van der Waals surface area contributed by atoms with E-state index in [1.165, 1.54) is 28.9 Å². The molecule has 0 saturated carbocycles. The second kappa shape index (κ2) is 10.8. The third-order valence-electron chi connectivity index (χ3n) is 4.90. The summed E-state index contributed by atoms with van der Waals surface area (Å²) in [7, 11) is -4.23. The summed E-state index contributed by atoms with van der Waals surface area (Å²) in [5.41, 5.74) is 0.0106. The Kier molecular flexibility index (Phi) is 8.05. The molecule has 36 heavy (non-hydrogen) atoms. The van der Waals surface area contributed by atoms with Gasteiger partial charge in [-0.05, 0) is 51.5 Å². The first kappa shape index (κ1) is 26.8. The summed E-state index contributed by atoms with van der Waals surface area (Å²) in [6.07, 6.45) is 0.686. The molecule has 0 radical (unpaired) electrons. The van der Waals surface area contributed by atoms with Crippen molar-refractivity contribution in [3.05, 3.63) is 69.7 Å². The molecule has 0 unspecified atom stereocenters. The topological polar surface area (TPSA) is 145 Å². The van der Waals surface area contributed by atoms with E-state index in [1.807, 2.05) is 6.92 Å². The van der Waals surface area contributed by atoms with Crippen molar-refractivity contribution >= 4 is 21.6 Å². The summed E-state index contributed by atoms with van der Waals surface area (Å²) < 4.78 is 49.5. The van der Waals surface area contributed by atoms with Gasteiger partial charge in [-0.25, -0.2) is 17.5 Å². The summed E-state index contributed by atoms with van der Waals surface area (Å²) in [6.45, 7) is 7.02. The number of nitro benzene ring substituents is 1. The summed E-state index contributed by atoms with van der Waals surface area (Å²) >= 11 is 0. The van der Waals surface area contributed by atoms with Gasteiger partial charge in [-0.2, -0.15) is 9.78 Å². The van der Waals surface area contributed by atoms with E-state index in [9.17, 15) is 27.7 Å². The van der Waals surface area contributed by atoms with Crippen LogP contribution >= 0.6 is 0 Å². The maximum Gasteiger partial charge on any atom is 0.272 e. The van der Waals surface area contributed by atoms with Crippen LogP contribution in [0.4, 0.5) is 10.1 Å². The lowest BCUT2D eigenvalue weighted by Gasteiger charge is -2.15. The minimum atomic E-state index is -4.23. The van der Waals surface area contributed by atoms with Crippen LogP contribution in [0, 0.1) is 22.9 Å². The number of nitrogens with zero attached hydrogens (tertiary/aromatic N) is 3. The standard InChI is InChI=1S/C23H26FN5O6S/c1-5-11-25-22(30)21-15(4)23(28(26-21)17-8-6-7-16(24)12-17)35-19-10-9-18(29(31)32)13-20(19)36(33,34)27-14(2)3/h6-10,12-14,27H,5,11H2,1-4H3,(H,25,30). The molecular weight excluding hydrogens is 493 g/mol. The Labute approximate surface area is 207 Å². The van der Waals surface area contributed by atoms with Crippen LogP contribution < -0.4 is 14.8 Å². The zero-order valence-electron chi connectivity index (χ0n) is 20.1. The Hall–Kier alpha value is -3.84. The number of nitrogens with one attached hydrogen (secondary N) is 2. The number of nitro groups is 1. The molecule has 3 rings (SSSR count). The molecule has 0 fully saturated rings. The first-order chi connectivity index (χ1) is 16.9. The Bertz CT molecular complexity index is 1400. The SMILES string of the molecule is CCCNC(=O)c1nn(-c2cccc(F)c2)c(Oc2ccc([N+](=O)[O-])cc2S(=O)(=O)NC(C)C)c1C. The number of ether oxygens (including phenoxy) is 1. The zero-order chi connectivity index (χ0) is 26.6. The zero-order valence-corrected chi connectivity index (χ0v) is 20.9. The van der Waals surface area contributed by atoms with Crippen molar-refractivity contribution in [2.45, 2.75) is 45.1 Å². The first-order valence-electron chi connectivity index (χ1n) is 11.1. The van der Waals surface area contributed by atoms with E-state index < -0.39 is 43.3 Å². The van der Waals surface area contributed by atoms with Gasteiger partial charge in [0.15, 0.2) is 5.69 Å². The number of sulfonamides is 1.